The van der Waals surface area contributed by atoms with Crippen LogP contribution in [-0.4, -0.2) is 37.4 Å². The minimum Gasteiger partial charge on any atom is -0.467 e. The van der Waals surface area contributed by atoms with E-state index in [-0.39, 0.29) is 18.3 Å². The Morgan fingerprint density at radius 1 is 1.69 bits per heavy atom. The minimum absolute atomic E-state index is 0. The molecule has 1 saturated heterocycles. The van der Waals surface area contributed by atoms with E-state index in [9.17, 15) is 9.90 Å². The van der Waals surface area contributed by atoms with E-state index >= 15 is 0 Å². The molecule has 78 valence electrons. The first-order valence-corrected chi connectivity index (χ1v) is 4.22. The zero-order valence-corrected chi connectivity index (χ0v) is 8.47. The molecule has 2 N–H and O–H groups in total. The standard InChI is InChI=1S/C8H15NO3.ClH/c1-12-8(11)7(10)6-3-2-4-9-5-6;/h6-7,9-10H,2-5H2,1H3;1H. The van der Waals surface area contributed by atoms with Gasteiger partial charge in [-0.1, -0.05) is 0 Å². The lowest BCUT2D eigenvalue weighted by Gasteiger charge is -2.25. The number of esters is 1. The number of hydrogen-bond donors (Lipinski definition) is 2. The fourth-order valence-electron chi connectivity index (χ4n) is 1.46. The number of nitrogens with one attached hydrogen (secondary N) is 1. The van der Waals surface area contributed by atoms with E-state index in [1.165, 1.54) is 7.11 Å². The Hall–Kier alpha value is -0.320. The summed E-state index contributed by atoms with van der Waals surface area (Å²) in [6, 6.07) is 0. The van der Waals surface area contributed by atoms with Crippen LogP contribution in [0.2, 0.25) is 0 Å². The van der Waals surface area contributed by atoms with Crippen molar-refractivity contribution in [2.75, 3.05) is 20.2 Å². The Labute approximate surface area is 84.1 Å². The molecule has 0 radical (unpaired) electrons. The Morgan fingerprint density at radius 2 is 2.38 bits per heavy atom. The van der Waals surface area contributed by atoms with Crippen LogP contribution >= 0.6 is 12.4 Å². The molecule has 1 rings (SSSR count). The molecule has 0 aliphatic carbocycles. The molecule has 0 aromatic carbocycles. The molecule has 1 heterocycles. The summed E-state index contributed by atoms with van der Waals surface area (Å²) in [5.41, 5.74) is 0. The van der Waals surface area contributed by atoms with Gasteiger partial charge in [0.25, 0.3) is 0 Å². The van der Waals surface area contributed by atoms with Gasteiger partial charge in [-0.05, 0) is 19.4 Å². The van der Waals surface area contributed by atoms with Crippen molar-refractivity contribution in [3.63, 3.8) is 0 Å². The highest BCUT2D eigenvalue weighted by molar-refractivity contribution is 5.85. The molecular formula is C8H16ClNO3. The summed E-state index contributed by atoms with van der Waals surface area (Å²) < 4.78 is 4.45. The molecule has 0 bridgehead atoms. The van der Waals surface area contributed by atoms with Crippen molar-refractivity contribution < 1.29 is 14.6 Å². The third-order valence-corrected chi connectivity index (χ3v) is 2.22. The Morgan fingerprint density at radius 3 is 2.85 bits per heavy atom. The van der Waals surface area contributed by atoms with E-state index in [0.29, 0.717) is 6.54 Å². The van der Waals surface area contributed by atoms with Crippen molar-refractivity contribution in [1.82, 2.24) is 5.32 Å². The number of rotatable bonds is 2. The summed E-state index contributed by atoms with van der Waals surface area (Å²) in [4.78, 5) is 10.9. The molecular weight excluding hydrogens is 194 g/mol. The van der Waals surface area contributed by atoms with Gasteiger partial charge in [0.2, 0.25) is 0 Å². The summed E-state index contributed by atoms with van der Waals surface area (Å²) in [5.74, 6) is -0.505. The SMILES string of the molecule is COC(=O)C(O)C1CCCNC1.Cl. The van der Waals surface area contributed by atoms with Crippen molar-refractivity contribution in [3.05, 3.63) is 0 Å². The third-order valence-electron chi connectivity index (χ3n) is 2.22. The molecule has 1 aliphatic rings. The fourth-order valence-corrected chi connectivity index (χ4v) is 1.46. The van der Waals surface area contributed by atoms with Gasteiger partial charge in [-0.3, -0.25) is 0 Å². The van der Waals surface area contributed by atoms with Crippen molar-refractivity contribution in [3.8, 4) is 0 Å². The Bertz CT molecular complexity index is 159. The lowest BCUT2D eigenvalue weighted by molar-refractivity contribution is -0.153. The van der Waals surface area contributed by atoms with Crippen LogP contribution < -0.4 is 5.32 Å². The first-order chi connectivity index (χ1) is 5.75. The zero-order valence-electron chi connectivity index (χ0n) is 7.66. The molecule has 5 heteroatoms. The second kappa shape index (κ2) is 6.18. The quantitative estimate of drug-likeness (QED) is 0.626. The first-order valence-electron chi connectivity index (χ1n) is 4.22. The van der Waals surface area contributed by atoms with Crippen LogP contribution in [-0.2, 0) is 9.53 Å². The van der Waals surface area contributed by atoms with Crippen molar-refractivity contribution >= 4 is 18.4 Å². The second-order valence-corrected chi connectivity index (χ2v) is 3.07. The smallest absolute Gasteiger partial charge is 0.335 e. The number of piperidine rings is 1. The van der Waals surface area contributed by atoms with Gasteiger partial charge in [0, 0.05) is 12.5 Å². The van der Waals surface area contributed by atoms with Gasteiger partial charge in [0.1, 0.15) is 0 Å². The monoisotopic (exact) mass is 209 g/mol. The summed E-state index contributed by atoms with van der Waals surface area (Å²) in [7, 11) is 1.29. The molecule has 1 aliphatic heterocycles. The molecule has 0 saturated carbocycles. The summed E-state index contributed by atoms with van der Waals surface area (Å²) in [6.45, 7) is 1.68. The van der Waals surface area contributed by atoms with Gasteiger partial charge in [0.05, 0.1) is 7.11 Å². The predicted molar refractivity (Wildman–Crippen MR) is 50.9 cm³/mol. The second-order valence-electron chi connectivity index (χ2n) is 3.07. The van der Waals surface area contributed by atoms with Crippen LogP contribution in [0.5, 0.6) is 0 Å². The third kappa shape index (κ3) is 3.50. The maximum Gasteiger partial charge on any atom is 0.335 e. The maximum atomic E-state index is 10.9. The molecule has 0 aromatic rings. The average molecular weight is 210 g/mol. The highest BCUT2D eigenvalue weighted by atomic mass is 35.5. The fraction of sp³-hybridized carbons (Fsp3) is 0.875. The lowest BCUT2D eigenvalue weighted by atomic mass is 9.94. The number of carbonyl (C=O) groups excluding carboxylic acids is 1. The van der Waals surface area contributed by atoms with Gasteiger partial charge in [-0.2, -0.15) is 0 Å². The Balaban J connectivity index is 0.00000144. The van der Waals surface area contributed by atoms with Gasteiger partial charge < -0.3 is 15.2 Å². The van der Waals surface area contributed by atoms with E-state index in [1.807, 2.05) is 0 Å². The molecule has 0 amide bonds. The van der Waals surface area contributed by atoms with E-state index < -0.39 is 12.1 Å². The summed E-state index contributed by atoms with van der Waals surface area (Å²) in [6.07, 6.45) is 0.949. The lowest BCUT2D eigenvalue weighted by Crippen LogP contribution is -2.40. The molecule has 4 nitrogen and oxygen atoms in total. The van der Waals surface area contributed by atoms with E-state index in [1.54, 1.807) is 0 Å². The van der Waals surface area contributed by atoms with Crippen LogP contribution in [0.4, 0.5) is 0 Å². The average Bonchev–Trinajstić information content (AvgIpc) is 2.17. The topological polar surface area (TPSA) is 58.6 Å². The maximum absolute atomic E-state index is 10.9. The van der Waals surface area contributed by atoms with E-state index in [0.717, 1.165) is 19.4 Å². The van der Waals surface area contributed by atoms with Gasteiger partial charge in [-0.15, -0.1) is 12.4 Å². The van der Waals surface area contributed by atoms with Crippen LogP contribution in [0, 0.1) is 5.92 Å². The molecule has 0 aromatic heterocycles. The molecule has 2 atom stereocenters. The summed E-state index contributed by atoms with van der Waals surface area (Å²) in [5, 5.41) is 12.6. The number of ether oxygens (including phenoxy) is 1. The largest absolute Gasteiger partial charge is 0.467 e. The van der Waals surface area contributed by atoms with Crippen molar-refractivity contribution in [2.45, 2.75) is 18.9 Å². The van der Waals surface area contributed by atoms with Gasteiger partial charge >= 0.3 is 5.97 Å². The van der Waals surface area contributed by atoms with Crippen LogP contribution in [0.1, 0.15) is 12.8 Å². The number of halogens is 1. The summed E-state index contributed by atoms with van der Waals surface area (Å²) >= 11 is 0. The van der Waals surface area contributed by atoms with Crippen molar-refractivity contribution in [1.29, 1.82) is 0 Å². The highest BCUT2D eigenvalue weighted by Crippen LogP contribution is 2.14. The molecule has 0 spiro atoms. The van der Waals surface area contributed by atoms with Crippen molar-refractivity contribution in [2.24, 2.45) is 5.92 Å². The number of carbonyl (C=O) groups is 1. The van der Waals surface area contributed by atoms with Gasteiger partial charge in [-0.25, -0.2) is 4.79 Å². The molecule has 1 fully saturated rings. The van der Waals surface area contributed by atoms with Gasteiger partial charge in [0.15, 0.2) is 6.10 Å². The Kier molecular flexibility index (Phi) is 6.03. The van der Waals surface area contributed by atoms with Crippen LogP contribution in [0.25, 0.3) is 0 Å². The van der Waals surface area contributed by atoms with E-state index in [2.05, 4.69) is 10.1 Å². The molecule has 13 heavy (non-hydrogen) atoms. The predicted octanol–water partition coefficient (Wildman–Crippen LogP) is -0.0583. The van der Waals surface area contributed by atoms with Crippen LogP contribution in [0.15, 0.2) is 0 Å². The molecule has 2 unspecified atom stereocenters. The van der Waals surface area contributed by atoms with E-state index in [4.69, 9.17) is 0 Å². The number of aliphatic hydroxyl groups is 1. The number of methoxy groups -OCH3 is 1. The van der Waals surface area contributed by atoms with Crippen LogP contribution in [0.3, 0.4) is 0 Å². The highest BCUT2D eigenvalue weighted by Gasteiger charge is 2.27. The normalized spacial score (nSPS) is 24.3. The zero-order chi connectivity index (χ0) is 8.97. The number of hydrogen-bond acceptors (Lipinski definition) is 4. The first kappa shape index (κ1) is 12.7. The number of aliphatic hydroxyl groups excluding tert-OH is 1. The minimum atomic E-state index is -0.956.